The van der Waals surface area contributed by atoms with Crippen molar-refractivity contribution in [1.82, 2.24) is 3.11 Å². The summed E-state index contributed by atoms with van der Waals surface area (Å²) in [5.41, 5.74) is -0.669. The van der Waals surface area contributed by atoms with Gasteiger partial charge in [-0.25, -0.2) is 3.11 Å². The van der Waals surface area contributed by atoms with Crippen LogP contribution in [0.25, 0.3) is 0 Å². The molecule has 60 valence electrons. The van der Waals surface area contributed by atoms with E-state index in [1.165, 1.54) is 0 Å². The van der Waals surface area contributed by atoms with Crippen molar-refractivity contribution in [1.29, 1.82) is 0 Å². The Labute approximate surface area is 74.8 Å². The van der Waals surface area contributed by atoms with Gasteiger partial charge in [-0.15, -0.1) is 0 Å². The van der Waals surface area contributed by atoms with Crippen LogP contribution in [0.3, 0.4) is 0 Å². The van der Waals surface area contributed by atoms with E-state index in [2.05, 4.69) is 22.9 Å². The number of nitrogens with zero attached hydrogens (tertiary/aromatic N) is 1. The maximum atomic E-state index is 9.55. The van der Waals surface area contributed by atoms with Crippen molar-refractivity contribution < 1.29 is 9.84 Å². The van der Waals surface area contributed by atoms with Crippen LogP contribution in [0.2, 0.25) is 0 Å². The van der Waals surface area contributed by atoms with Crippen molar-refractivity contribution in [2.45, 2.75) is 12.5 Å². The summed E-state index contributed by atoms with van der Waals surface area (Å²) in [4.78, 5) is 0. The fourth-order valence-electron chi connectivity index (χ4n) is 0.950. The second kappa shape index (κ2) is 3.34. The molecule has 1 fully saturated rings. The average molecular weight is 257 g/mol. The predicted octanol–water partition coefficient (Wildman–Crippen LogP) is 0.420. The molecule has 0 amide bonds. The Morgan fingerprint density at radius 1 is 1.70 bits per heavy atom. The molecule has 1 saturated heterocycles. The van der Waals surface area contributed by atoms with Gasteiger partial charge in [0.15, 0.2) is 0 Å². The van der Waals surface area contributed by atoms with E-state index in [-0.39, 0.29) is 0 Å². The quantitative estimate of drug-likeness (QED) is 0.504. The van der Waals surface area contributed by atoms with Crippen molar-refractivity contribution in [2.75, 3.05) is 26.3 Å². The van der Waals surface area contributed by atoms with Crippen LogP contribution in [0, 0.1) is 0 Å². The monoisotopic (exact) mass is 257 g/mol. The van der Waals surface area contributed by atoms with Gasteiger partial charge in [-0.05, 0) is 6.92 Å². The molecule has 0 saturated carbocycles. The molecule has 0 aromatic carbocycles. The average Bonchev–Trinajstić information content (AvgIpc) is 1.90. The molecule has 1 aliphatic rings. The molecule has 4 heteroatoms. The number of rotatable bonds is 0. The molecule has 0 aromatic heterocycles. The van der Waals surface area contributed by atoms with Crippen LogP contribution in [0.15, 0.2) is 0 Å². The van der Waals surface area contributed by atoms with Gasteiger partial charge in [0.2, 0.25) is 0 Å². The minimum Gasteiger partial charge on any atom is -0.386 e. The van der Waals surface area contributed by atoms with Crippen LogP contribution >= 0.6 is 22.9 Å². The van der Waals surface area contributed by atoms with Gasteiger partial charge >= 0.3 is 0 Å². The summed E-state index contributed by atoms with van der Waals surface area (Å²) in [5, 5.41) is 9.55. The van der Waals surface area contributed by atoms with E-state index in [0.29, 0.717) is 13.2 Å². The van der Waals surface area contributed by atoms with E-state index in [9.17, 15) is 5.11 Å². The number of halogens is 1. The standard InChI is InChI=1S/C6H12INO2/c1-6(9)4-8(7)2-3-10-5-6/h9H,2-5H2,1H3/t6-/m0/s1. The molecule has 1 atom stereocenters. The molecule has 0 spiro atoms. The Morgan fingerprint density at radius 3 is 3.10 bits per heavy atom. The number of aliphatic hydroxyl groups is 1. The lowest BCUT2D eigenvalue weighted by Gasteiger charge is -2.22. The highest BCUT2D eigenvalue weighted by Crippen LogP contribution is 2.13. The summed E-state index contributed by atoms with van der Waals surface area (Å²) < 4.78 is 7.23. The molecule has 1 N–H and O–H groups in total. The Balaban J connectivity index is 2.46. The molecule has 0 bridgehead atoms. The first kappa shape index (κ1) is 8.70. The number of hydrogen-bond donors (Lipinski definition) is 1. The third kappa shape index (κ3) is 2.69. The lowest BCUT2D eigenvalue weighted by atomic mass is 10.1. The summed E-state index contributed by atoms with van der Waals surface area (Å²) in [7, 11) is 0. The van der Waals surface area contributed by atoms with E-state index < -0.39 is 5.60 Å². The van der Waals surface area contributed by atoms with Gasteiger partial charge in [-0.3, -0.25) is 0 Å². The smallest absolute Gasteiger partial charge is 0.0986 e. The Morgan fingerprint density at radius 2 is 2.40 bits per heavy atom. The molecule has 1 heterocycles. The van der Waals surface area contributed by atoms with Crippen LogP contribution in [0.4, 0.5) is 0 Å². The zero-order valence-electron chi connectivity index (χ0n) is 6.01. The summed E-state index contributed by atoms with van der Waals surface area (Å²) >= 11 is 2.20. The predicted molar refractivity (Wildman–Crippen MR) is 47.0 cm³/mol. The van der Waals surface area contributed by atoms with Crippen molar-refractivity contribution in [3.8, 4) is 0 Å². The normalized spacial score (nSPS) is 37.5. The molecule has 0 aromatic rings. The topological polar surface area (TPSA) is 32.7 Å². The molecule has 0 aliphatic carbocycles. The molecular weight excluding hydrogens is 245 g/mol. The lowest BCUT2D eigenvalue weighted by molar-refractivity contribution is -0.0162. The highest BCUT2D eigenvalue weighted by atomic mass is 127. The fraction of sp³-hybridized carbons (Fsp3) is 1.00. The van der Waals surface area contributed by atoms with Gasteiger partial charge in [-0.2, -0.15) is 0 Å². The lowest BCUT2D eigenvalue weighted by Crippen LogP contribution is -2.37. The Bertz CT molecular complexity index is 118. The summed E-state index contributed by atoms with van der Waals surface area (Å²) in [6, 6.07) is 0. The molecule has 0 radical (unpaired) electrons. The van der Waals surface area contributed by atoms with Crippen LogP contribution in [0.5, 0.6) is 0 Å². The first-order valence-electron chi connectivity index (χ1n) is 3.31. The van der Waals surface area contributed by atoms with Gasteiger partial charge in [0.25, 0.3) is 0 Å². The van der Waals surface area contributed by atoms with Crippen molar-refractivity contribution in [2.24, 2.45) is 0 Å². The van der Waals surface area contributed by atoms with Crippen molar-refractivity contribution >= 4 is 22.9 Å². The van der Waals surface area contributed by atoms with Crippen LogP contribution < -0.4 is 0 Å². The summed E-state index contributed by atoms with van der Waals surface area (Å²) in [6.45, 7) is 4.56. The molecule has 1 rings (SSSR count). The van der Waals surface area contributed by atoms with Gasteiger partial charge < -0.3 is 9.84 Å². The first-order valence-corrected chi connectivity index (χ1v) is 4.27. The zero-order valence-corrected chi connectivity index (χ0v) is 8.17. The van der Waals surface area contributed by atoms with Crippen molar-refractivity contribution in [3.63, 3.8) is 0 Å². The van der Waals surface area contributed by atoms with E-state index in [1.807, 2.05) is 3.11 Å². The second-order valence-electron chi connectivity index (χ2n) is 2.89. The molecule has 0 unspecified atom stereocenters. The summed E-state index contributed by atoms with van der Waals surface area (Å²) in [6.07, 6.45) is 0. The number of β-amino-alcohol motifs (C(OH)–C–C–N with tert-alkyl or cyclic N) is 1. The van der Waals surface area contributed by atoms with E-state index in [1.54, 1.807) is 6.92 Å². The van der Waals surface area contributed by atoms with Gasteiger partial charge in [0.1, 0.15) is 0 Å². The van der Waals surface area contributed by atoms with Crippen LogP contribution in [-0.2, 0) is 4.74 Å². The minimum atomic E-state index is -0.669. The number of hydrogen-bond acceptors (Lipinski definition) is 3. The van der Waals surface area contributed by atoms with Gasteiger partial charge in [0.05, 0.1) is 18.8 Å². The van der Waals surface area contributed by atoms with Gasteiger partial charge in [-0.1, -0.05) is 0 Å². The van der Waals surface area contributed by atoms with E-state index >= 15 is 0 Å². The third-order valence-electron chi connectivity index (χ3n) is 1.40. The maximum Gasteiger partial charge on any atom is 0.0986 e. The molecule has 1 aliphatic heterocycles. The molecule has 10 heavy (non-hydrogen) atoms. The SMILES string of the molecule is C[C@@]1(O)COCCN(I)C1. The highest BCUT2D eigenvalue weighted by molar-refractivity contribution is 14.1. The van der Waals surface area contributed by atoms with Crippen LogP contribution in [0.1, 0.15) is 6.92 Å². The zero-order chi connectivity index (χ0) is 7.61. The van der Waals surface area contributed by atoms with E-state index in [0.717, 1.165) is 13.2 Å². The molecular formula is C6H12INO2. The molecule has 3 nitrogen and oxygen atoms in total. The van der Waals surface area contributed by atoms with Gasteiger partial charge in [0, 0.05) is 36.0 Å². The Kier molecular flexibility index (Phi) is 2.91. The first-order chi connectivity index (χ1) is 4.60. The number of ether oxygens (including phenoxy) is 1. The van der Waals surface area contributed by atoms with Crippen LogP contribution in [-0.4, -0.2) is 40.1 Å². The van der Waals surface area contributed by atoms with Crippen molar-refractivity contribution in [3.05, 3.63) is 0 Å². The van der Waals surface area contributed by atoms with E-state index in [4.69, 9.17) is 4.74 Å². The Hall–Kier alpha value is 0.610. The fourth-order valence-corrected chi connectivity index (χ4v) is 1.88. The maximum absolute atomic E-state index is 9.55. The minimum absolute atomic E-state index is 0.451. The second-order valence-corrected chi connectivity index (χ2v) is 4.26. The highest BCUT2D eigenvalue weighted by Gasteiger charge is 2.25. The summed E-state index contributed by atoms with van der Waals surface area (Å²) in [5.74, 6) is 0. The third-order valence-corrected chi connectivity index (χ3v) is 2.23. The largest absolute Gasteiger partial charge is 0.386 e.